The normalized spacial score (nSPS) is 10.6. The predicted molar refractivity (Wildman–Crippen MR) is 57.9 cm³/mol. The van der Waals surface area contributed by atoms with Crippen molar-refractivity contribution in [2.45, 2.75) is 5.75 Å². The molecule has 1 aromatic heterocycles. The molecule has 0 saturated carbocycles. The number of thiol groups is 1. The van der Waals surface area contributed by atoms with E-state index in [9.17, 15) is 4.79 Å². The van der Waals surface area contributed by atoms with E-state index in [1.165, 1.54) is 0 Å². The van der Waals surface area contributed by atoms with Crippen molar-refractivity contribution >= 4 is 29.5 Å². The number of benzene rings is 1. The molecular weight excluding hydrogens is 198 g/mol. The molecule has 0 bridgehead atoms. The van der Waals surface area contributed by atoms with Crippen LogP contribution in [0.2, 0.25) is 0 Å². The molecule has 1 heterocycles. The summed E-state index contributed by atoms with van der Waals surface area (Å²) in [6.07, 6.45) is 0. The maximum Gasteiger partial charge on any atom is 0.337 e. The number of para-hydroxylation sites is 1. The first-order chi connectivity index (χ1) is 6.72. The first kappa shape index (κ1) is 9.15. The number of rotatable bonds is 2. The monoisotopic (exact) mass is 207 g/mol. The molecule has 2 rings (SSSR count). The molecule has 0 aliphatic heterocycles. The Kier molecular flexibility index (Phi) is 2.21. The van der Waals surface area contributed by atoms with Crippen LogP contribution in [0.1, 0.15) is 16.1 Å². The summed E-state index contributed by atoms with van der Waals surface area (Å²) in [5.74, 6) is -0.337. The molecule has 4 heteroatoms. The van der Waals surface area contributed by atoms with Crippen molar-refractivity contribution in [3.63, 3.8) is 0 Å². The van der Waals surface area contributed by atoms with Crippen molar-refractivity contribution < 1.29 is 9.90 Å². The van der Waals surface area contributed by atoms with Gasteiger partial charge in [-0.2, -0.15) is 12.6 Å². The summed E-state index contributed by atoms with van der Waals surface area (Å²) in [5, 5.41) is 9.84. The number of nitrogens with one attached hydrogen (secondary N) is 1. The Hall–Kier alpha value is -1.42. The predicted octanol–water partition coefficient (Wildman–Crippen LogP) is 2.30. The lowest BCUT2D eigenvalue weighted by molar-refractivity contribution is 0.0699. The summed E-state index contributed by atoms with van der Waals surface area (Å²) in [4.78, 5) is 13.9. The highest BCUT2D eigenvalue weighted by atomic mass is 32.1. The molecule has 0 aliphatic rings. The Morgan fingerprint density at radius 2 is 2.29 bits per heavy atom. The van der Waals surface area contributed by atoms with Gasteiger partial charge < -0.3 is 10.1 Å². The van der Waals surface area contributed by atoms with Crippen molar-refractivity contribution in [1.82, 2.24) is 4.98 Å². The number of hydrogen-bond donors (Lipinski definition) is 3. The van der Waals surface area contributed by atoms with Crippen LogP contribution in [-0.4, -0.2) is 16.1 Å². The second kappa shape index (κ2) is 3.38. The molecule has 14 heavy (non-hydrogen) atoms. The molecule has 0 aliphatic carbocycles. The number of aromatic carboxylic acids is 1. The molecule has 0 saturated heterocycles. The maximum absolute atomic E-state index is 10.9. The first-order valence-electron chi connectivity index (χ1n) is 4.17. The van der Waals surface area contributed by atoms with Crippen molar-refractivity contribution in [1.29, 1.82) is 0 Å². The molecule has 72 valence electrons. The van der Waals surface area contributed by atoms with Gasteiger partial charge in [-0.3, -0.25) is 0 Å². The highest BCUT2D eigenvalue weighted by Gasteiger charge is 2.09. The van der Waals surface area contributed by atoms with Crippen LogP contribution < -0.4 is 0 Å². The third kappa shape index (κ3) is 1.37. The minimum atomic E-state index is -0.914. The molecule has 1 aromatic carbocycles. The fraction of sp³-hybridized carbons (Fsp3) is 0.100. The summed E-state index contributed by atoms with van der Waals surface area (Å²) < 4.78 is 0. The van der Waals surface area contributed by atoms with E-state index in [0.29, 0.717) is 16.8 Å². The van der Waals surface area contributed by atoms with Gasteiger partial charge in [0.1, 0.15) is 0 Å². The van der Waals surface area contributed by atoms with Crippen LogP contribution in [0.15, 0.2) is 24.3 Å². The van der Waals surface area contributed by atoms with E-state index in [1.807, 2.05) is 12.1 Å². The van der Waals surface area contributed by atoms with Gasteiger partial charge in [-0.25, -0.2) is 4.79 Å². The number of carboxylic acid groups (broad SMARTS) is 1. The minimum absolute atomic E-state index is 0.301. The number of fused-ring (bicyclic) bond motifs is 1. The van der Waals surface area contributed by atoms with E-state index in [2.05, 4.69) is 17.6 Å². The number of carbonyl (C=O) groups is 1. The molecular formula is C10H9NO2S. The number of H-pyrrole nitrogens is 1. The van der Waals surface area contributed by atoms with Crippen LogP contribution in [0, 0.1) is 0 Å². The molecule has 3 nitrogen and oxygen atoms in total. The standard InChI is InChI=1S/C10H9NO2S/c12-10(13)8-3-1-2-6-4-7(5-14)11-9(6)8/h1-4,11,14H,5H2,(H,12,13). The summed E-state index contributed by atoms with van der Waals surface area (Å²) in [5.41, 5.74) is 1.90. The van der Waals surface area contributed by atoms with Crippen LogP contribution >= 0.6 is 12.6 Å². The summed E-state index contributed by atoms with van der Waals surface area (Å²) in [6, 6.07) is 7.12. The van der Waals surface area contributed by atoms with Crippen molar-refractivity contribution in [2.75, 3.05) is 0 Å². The van der Waals surface area contributed by atoms with Crippen LogP contribution in [0.3, 0.4) is 0 Å². The second-order valence-electron chi connectivity index (χ2n) is 3.03. The Morgan fingerprint density at radius 3 is 2.93 bits per heavy atom. The largest absolute Gasteiger partial charge is 0.478 e. The lowest BCUT2D eigenvalue weighted by Gasteiger charge is -1.95. The number of hydrogen-bond acceptors (Lipinski definition) is 2. The molecule has 0 atom stereocenters. The topological polar surface area (TPSA) is 53.1 Å². The van der Waals surface area contributed by atoms with Crippen LogP contribution in [-0.2, 0) is 5.75 Å². The van der Waals surface area contributed by atoms with Crippen LogP contribution in [0.5, 0.6) is 0 Å². The van der Waals surface area contributed by atoms with Crippen LogP contribution in [0.4, 0.5) is 0 Å². The quantitative estimate of drug-likeness (QED) is 0.662. The fourth-order valence-electron chi connectivity index (χ4n) is 1.48. The van der Waals surface area contributed by atoms with Crippen molar-refractivity contribution in [2.24, 2.45) is 0 Å². The first-order valence-corrected chi connectivity index (χ1v) is 4.80. The van der Waals surface area contributed by atoms with Gasteiger partial charge in [0, 0.05) is 16.8 Å². The Morgan fingerprint density at radius 1 is 1.50 bits per heavy atom. The molecule has 2 N–H and O–H groups in total. The molecule has 0 radical (unpaired) electrons. The number of aromatic amines is 1. The van der Waals surface area contributed by atoms with Gasteiger partial charge in [-0.15, -0.1) is 0 Å². The Labute approximate surface area is 86.2 Å². The van der Waals surface area contributed by atoms with E-state index in [0.717, 1.165) is 11.1 Å². The van der Waals surface area contributed by atoms with Gasteiger partial charge in [-0.05, 0) is 12.1 Å². The average Bonchev–Trinajstić information content (AvgIpc) is 2.59. The van der Waals surface area contributed by atoms with Gasteiger partial charge in [0.15, 0.2) is 0 Å². The lowest BCUT2D eigenvalue weighted by atomic mass is 10.1. The summed E-state index contributed by atoms with van der Waals surface area (Å²) in [7, 11) is 0. The van der Waals surface area contributed by atoms with Crippen LogP contribution in [0.25, 0.3) is 10.9 Å². The molecule has 0 spiro atoms. The van der Waals surface area contributed by atoms with Crippen molar-refractivity contribution in [3.05, 3.63) is 35.5 Å². The van der Waals surface area contributed by atoms with Gasteiger partial charge in [0.05, 0.1) is 11.1 Å². The third-order valence-electron chi connectivity index (χ3n) is 2.11. The van der Waals surface area contributed by atoms with E-state index < -0.39 is 5.97 Å². The van der Waals surface area contributed by atoms with E-state index in [-0.39, 0.29) is 0 Å². The van der Waals surface area contributed by atoms with E-state index >= 15 is 0 Å². The molecule has 0 unspecified atom stereocenters. The van der Waals surface area contributed by atoms with Gasteiger partial charge >= 0.3 is 5.97 Å². The SMILES string of the molecule is O=C(O)c1cccc2cc(CS)[nH]c12. The van der Waals surface area contributed by atoms with Gasteiger partial charge in [0.2, 0.25) is 0 Å². The highest BCUT2D eigenvalue weighted by Crippen LogP contribution is 2.20. The zero-order valence-electron chi connectivity index (χ0n) is 7.32. The zero-order valence-corrected chi connectivity index (χ0v) is 8.21. The van der Waals surface area contributed by atoms with Gasteiger partial charge in [0.25, 0.3) is 0 Å². The zero-order chi connectivity index (χ0) is 10.1. The van der Waals surface area contributed by atoms with Crippen molar-refractivity contribution in [3.8, 4) is 0 Å². The molecule has 0 amide bonds. The second-order valence-corrected chi connectivity index (χ2v) is 3.34. The fourth-order valence-corrected chi connectivity index (χ4v) is 1.65. The Balaban J connectivity index is 2.73. The average molecular weight is 207 g/mol. The molecule has 0 fully saturated rings. The highest BCUT2D eigenvalue weighted by molar-refractivity contribution is 7.79. The van der Waals surface area contributed by atoms with E-state index in [4.69, 9.17) is 5.11 Å². The summed E-state index contributed by atoms with van der Waals surface area (Å²) >= 11 is 4.13. The third-order valence-corrected chi connectivity index (χ3v) is 2.45. The van der Waals surface area contributed by atoms with Gasteiger partial charge in [-0.1, -0.05) is 12.1 Å². The smallest absolute Gasteiger partial charge is 0.337 e. The minimum Gasteiger partial charge on any atom is -0.478 e. The lowest BCUT2D eigenvalue weighted by Crippen LogP contribution is -1.96. The number of aromatic nitrogens is 1. The van der Waals surface area contributed by atoms with E-state index in [1.54, 1.807) is 12.1 Å². The maximum atomic E-state index is 10.9. The number of carboxylic acids is 1. The Bertz CT molecular complexity index is 490. The summed E-state index contributed by atoms with van der Waals surface area (Å²) in [6.45, 7) is 0. The molecule has 2 aromatic rings.